The van der Waals surface area contributed by atoms with Crippen LogP contribution in [0.3, 0.4) is 0 Å². The third-order valence-corrected chi connectivity index (χ3v) is 2.10. The second kappa shape index (κ2) is 3.08. The molecule has 0 amide bonds. The first kappa shape index (κ1) is 8.09. The van der Waals surface area contributed by atoms with Crippen LogP contribution < -0.4 is 0 Å². The predicted octanol–water partition coefficient (Wildman–Crippen LogP) is 2.10. The van der Waals surface area contributed by atoms with Crippen LogP contribution in [0.25, 0.3) is 10.9 Å². The van der Waals surface area contributed by atoms with Gasteiger partial charge in [-0.05, 0) is 12.1 Å². The molecule has 1 aromatic heterocycles. The zero-order chi connectivity index (χ0) is 9.26. The molecule has 2 rings (SSSR count). The quantitative estimate of drug-likeness (QED) is 0.648. The predicted molar refractivity (Wildman–Crippen MR) is 50.3 cm³/mol. The summed E-state index contributed by atoms with van der Waals surface area (Å²) in [5.41, 5.74) is 1.32. The maximum Gasteiger partial charge on any atom is 0.170 e. The molecule has 0 fully saturated rings. The summed E-state index contributed by atoms with van der Waals surface area (Å²) in [5.74, 6) is 0. The fourth-order valence-electron chi connectivity index (χ4n) is 1.30. The monoisotopic (exact) mass is 191 g/mol. The maximum atomic E-state index is 8.78. The second-order valence-corrected chi connectivity index (χ2v) is 2.84. The Labute approximate surface area is 80.1 Å². The molecular formula is C9H6ClN3. The number of nitriles is 1. The molecule has 0 N–H and O–H groups in total. The van der Waals surface area contributed by atoms with E-state index in [9.17, 15) is 0 Å². The number of alkyl halides is 1. The molecule has 0 atom stereocenters. The van der Waals surface area contributed by atoms with Crippen molar-refractivity contribution in [1.82, 2.24) is 9.78 Å². The lowest BCUT2D eigenvalue weighted by Crippen LogP contribution is -1.93. The van der Waals surface area contributed by atoms with Crippen LogP contribution in [0.4, 0.5) is 0 Å². The average Bonchev–Trinajstić information content (AvgIpc) is 2.56. The Balaban J connectivity index is 2.84. The lowest BCUT2D eigenvalue weighted by Gasteiger charge is -1.93. The van der Waals surface area contributed by atoms with E-state index < -0.39 is 0 Å². The van der Waals surface area contributed by atoms with E-state index in [-0.39, 0.29) is 6.00 Å². The molecule has 0 saturated heterocycles. The van der Waals surface area contributed by atoms with Gasteiger partial charge in [-0.1, -0.05) is 12.1 Å². The van der Waals surface area contributed by atoms with Crippen LogP contribution in [0.2, 0.25) is 0 Å². The standard InChI is InChI=1S/C9H6ClN3/c10-6-13-9-4-2-1-3-7(9)8(5-11)12-13/h1-4H,6H2. The molecule has 1 aromatic carbocycles. The van der Waals surface area contributed by atoms with E-state index in [0.717, 1.165) is 10.9 Å². The largest absolute Gasteiger partial charge is 0.249 e. The summed E-state index contributed by atoms with van der Waals surface area (Å²) in [6, 6.07) is 9.84. The van der Waals surface area contributed by atoms with Crippen molar-refractivity contribution < 1.29 is 0 Å². The number of hydrogen-bond donors (Lipinski definition) is 0. The van der Waals surface area contributed by atoms with Crippen molar-refractivity contribution in [2.24, 2.45) is 0 Å². The molecule has 2 aromatic rings. The van der Waals surface area contributed by atoms with Crippen molar-refractivity contribution in [2.75, 3.05) is 0 Å². The molecule has 64 valence electrons. The molecule has 0 spiro atoms. The minimum absolute atomic E-state index is 0.266. The smallest absolute Gasteiger partial charge is 0.170 e. The number of nitrogens with zero attached hydrogens (tertiary/aromatic N) is 3. The van der Waals surface area contributed by atoms with Gasteiger partial charge in [0.05, 0.1) is 5.52 Å². The van der Waals surface area contributed by atoms with Crippen molar-refractivity contribution in [3.8, 4) is 6.07 Å². The second-order valence-electron chi connectivity index (χ2n) is 2.60. The van der Waals surface area contributed by atoms with Gasteiger partial charge in [-0.2, -0.15) is 10.4 Å². The van der Waals surface area contributed by atoms with E-state index in [4.69, 9.17) is 16.9 Å². The highest BCUT2D eigenvalue weighted by molar-refractivity contribution is 6.15. The van der Waals surface area contributed by atoms with Gasteiger partial charge in [0.1, 0.15) is 12.1 Å². The Morgan fingerprint density at radius 3 is 2.92 bits per heavy atom. The molecule has 0 radical (unpaired) electrons. The van der Waals surface area contributed by atoms with Gasteiger partial charge in [0.25, 0.3) is 0 Å². The number of rotatable bonds is 1. The maximum absolute atomic E-state index is 8.78. The highest BCUT2D eigenvalue weighted by Gasteiger charge is 2.07. The van der Waals surface area contributed by atoms with E-state index >= 15 is 0 Å². The van der Waals surface area contributed by atoms with E-state index in [0.29, 0.717) is 5.69 Å². The van der Waals surface area contributed by atoms with Crippen LogP contribution in [0.5, 0.6) is 0 Å². The molecule has 0 aliphatic carbocycles. The fraction of sp³-hybridized carbons (Fsp3) is 0.111. The van der Waals surface area contributed by atoms with Gasteiger partial charge in [-0.25, -0.2) is 4.68 Å². The summed E-state index contributed by atoms with van der Waals surface area (Å²) in [6.45, 7) is 0. The molecule has 4 heteroatoms. The number of aromatic nitrogens is 2. The van der Waals surface area contributed by atoms with Gasteiger partial charge in [0, 0.05) is 5.39 Å². The SMILES string of the molecule is N#Cc1nn(CCl)c2ccccc12. The van der Waals surface area contributed by atoms with Gasteiger partial charge in [-0.15, -0.1) is 11.6 Å². The Morgan fingerprint density at radius 1 is 1.46 bits per heavy atom. The molecule has 1 heterocycles. The highest BCUT2D eigenvalue weighted by Crippen LogP contribution is 2.17. The van der Waals surface area contributed by atoms with Gasteiger partial charge in [0.2, 0.25) is 0 Å². The fourth-order valence-corrected chi connectivity index (χ4v) is 1.48. The van der Waals surface area contributed by atoms with Gasteiger partial charge in [0.15, 0.2) is 5.69 Å². The molecular weight excluding hydrogens is 186 g/mol. The van der Waals surface area contributed by atoms with E-state index in [1.807, 2.05) is 30.3 Å². The van der Waals surface area contributed by atoms with Gasteiger partial charge >= 0.3 is 0 Å². The first-order valence-corrected chi connectivity index (χ1v) is 4.32. The van der Waals surface area contributed by atoms with Crippen molar-refractivity contribution in [2.45, 2.75) is 6.00 Å². The van der Waals surface area contributed by atoms with Gasteiger partial charge < -0.3 is 0 Å². The topological polar surface area (TPSA) is 41.6 Å². The zero-order valence-corrected chi connectivity index (χ0v) is 7.49. The average molecular weight is 192 g/mol. The number of hydrogen-bond acceptors (Lipinski definition) is 2. The zero-order valence-electron chi connectivity index (χ0n) is 6.74. The van der Waals surface area contributed by atoms with Crippen LogP contribution in [0, 0.1) is 11.3 Å². The minimum atomic E-state index is 0.266. The normalized spacial score (nSPS) is 10.2. The molecule has 0 saturated carbocycles. The third-order valence-electron chi connectivity index (χ3n) is 1.88. The summed E-state index contributed by atoms with van der Waals surface area (Å²) in [4.78, 5) is 0. The molecule has 13 heavy (non-hydrogen) atoms. The Bertz CT molecular complexity index is 481. The lowest BCUT2D eigenvalue weighted by atomic mass is 10.2. The minimum Gasteiger partial charge on any atom is -0.249 e. The summed E-state index contributed by atoms with van der Waals surface area (Å²) in [6.07, 6.45) is 0. The third kappa shape index (κ3) is 1.16. The lowest BCUT2D eigenvalue weighted by molar-refractivity contribution is 0.767. The first-order chi connectivity index (χ1) is 6.36. The Kier molecular flexibility index (Phi) is 1.91. The molecule has 0 unspecified atom stereocenters. The van der Waals surface area contributed by atoms with Crippen molar-refractivity contribution in [3.05, 3.63) is 30.0 Å². The number of halogens is 1. The highest BCUT2D eigenvalue weighted by atomic mass is 35.5. The molecule has 0 bridgehead atoms. The van der Waals surface area contributed by atoms with Crippen molar-refractivity contribution >= 4 is 22.5 Å². The Hall–Kier alpha value is -1.53. The van der Waals surface area contributed by atoms with E-state index in [1.54, 1.807) is 4.68 Å². The molecule has 0 aliphatic rings. The van der Waals surface area contributed by atoms with Crippen LogP contribution in [0.15, 0.2) is 24.3 Å². The number of para-hydroxylation sites is 1. The molecule has 0 aliphatic heterocycles. The van der Waals surface area contributed by atoms with E-state index in [1.165, 1.54) is 0 Å². The summed E-state index contributed by atoms with van der Waals surface area (Å²) >= 11 is 5.67. The summed E-state index contributed by atoms with van der Waals surface area (Å²) in [7, 11) is 0. The van der Waals surface area contributed by atoms with Crippen LogP contribution in [0.1, 0.15) is 5.69 Å². The molecule has 3 nitrogen and oxygen atoms in total. The number of fused-ring (bicyclic) bond motifs is 1. The van der Waals surface area contributed by atoms with E-state index in [2.05, 4.69) is 5.10 Å². The van der Waals surface area contributed by atoms with Crippen LogP contribution >= 0.6 is 11.6 Å². The van der Waals surface area contributed by atoms with Crippen LogP contribution in [-0.2, 0) is 6.00 Å². The van der Waals surface area contributed by atoms with Crippen molar-refractivity contribution in [3.63, 3.8) is 0 Å². The van der Waals surface area contributed by atoms with Crippen molar-refractivity contribution in [1.29, 1.82) is 5.26 Å². The number of benzene rings is 1. The summed E-state index contributed by atoms with van der Waals surface area (Å²) < 4.78 is 1.61. The summed E-state index contributed by atoms with van der Waals surface area (Å²) in [5, 5.41) is 13.7. The first-order valence-electron chi connectivity index (χ1n) is 3.78. The van der Waals surface area contributed by atoms with Crippen LogP contribution in [-0.4, -0.2) is 9.78 Å². The van der Waals surface area contributed by atoms with Gasteiger partial charge in [-0.3, -0.25) is 0 Å². The Morgan fingerprint density at radius 2 is 2.23 bits per heavy atom.